The van der Waals surface area contributed by atoms with E-state index in [9.17, 15) is 4.79 Å². The van der Waals surface area contributed by atoms with E-state index in [-0.39, 0.29) is 11.0 Å². The summed E-state index contributed by atoms with van der Waals surface area (Å²) in [6.45, 7) is 1.93. The zero-order valence-electron chi connectivity index (χ0n) is 11.0. The number of anilines is 2. The van der Waals surface area contributed by atoms with E-state index >= 15 is 0 Å². The van der Waals surface area contributed by atoms with Crippen LogP contribution in [-0.2, 0) is 0 Å². The summed E-state index contributed by atoms with van der Waals surface area (Å²) in [5, 5.41) is 5.82. The molecule has 0 saturated heterocycles. The molecule has 0 unspecified atom stereocenters. The fraction of sp³-hybridized carbons (Fsp3) is 0.0667. The molecule has 1 amide bonds. The van der Waals surface area contributed by atoms with Gasteiger partial charge in [-0.1, -0.05) is 17.7 Å². The van der Waals surface area contributed by atoms with Gasteiger partial charge in [0.25, 0.3) is 5.91 Å². The van der Waals surface area contributed by atoms with Crippen molar-refractivity contribution >= 4 is 34.6 Å². The molecular formula is C15H15N3OS. The Morgan fingerprint density at radius 2 is 1.85 bits per heavy atom. The van der Waals surface area contributed by atoms with Gasteiger partial charge in [-0.05, 0) is 55.5 Å². The molecule has 0 aromatic heterocycles. The molecule has 0 spiro atoms. The molecule has 2 aromatic carbocycles. The van der Waals surface area contributed by atoms with Crippen molar-refractivity contribution in [1.29, 1.82) is 0 Å². The lowest BCUT2D eigenvalue weighted by atomic mass is 10.1. The monoisotopic (exact) mass is 285 g/mol. The van der Waals surface area contributed by atoms with Gasteiger partial charge in [-0.25, -0.2) is 0 Å². The number of hydrogen-bond donors (Lipinski definition) is 3. The number of rotatable bonds is 2. The average Bonchev–Trinajstić information content (AvgIpc) is 2.41. The number of nitrogens with one attached hydrogen (secondary N) is 2. The highest BCUT2D eigenvalue weighted by atomic mass is 32.1. The number of aryl methyl sites for hydroxylation is 1. The third-order valence-corrected chi connectivity index (χ3v) is 2.88. The van der Waals surface area contributed by atoms with Crippen LogP contribution in [0.25, 0.3) is 0 Å². The Kier molecular flexibility index (Phi) is 4.32. The Bertz CT molecular complexity index is 638. The molecule has 4 nitrogen and oxygen atoms in total. The Morgan fingerprint density at radius 1 is 1.15 bits per heavy atom. The van der Waals surface area contributed by atoms with Crippen molar-refractivity contribution in [3.8, 4) is 0 Å². The summed E-state index contributed by atoms with van der Waals surface area (Å²) in [7, 11) is 0. The summed E-state index contributed by atoms with van der Waals surface area (Å²) in [5.74, 6) is -0.235. The molecule has 0 saturated carbocycles. The molecule has 0 heterocycles. The Hall–Kier alpha value is -2.40. The molecule has 2 aromatic rings. The first-order valence-corrected chi connectivity index (χ1v) is 6.50. The first-order chi connectivity index (χ1) is 9.54. The molecular weight excluding hydrogens is 270 g/mol. The number of nitrogens with two attached hydrogens (primary N) is 1. The SMILES string of the molecule is Cc1cccc(C(=O)NC(=S)Nc2ccc(N)cc2)c1. The van der Waals surface area contributed by atoms with Gasteiger partial charge in [0.05, 0.1) is 0 Å². The van der Waals surface area contributed by atoms with Gasteiger partial charge in [0, 0.05) is 16.9 Å². The zero-order chi connectivity index (χ0) is 14.5. The third kappa shape index (κ3) is 3.80. The van der Waals surface area contributed by atoms with Crippen LogP contribution >= 0.6 is 12.2 Å². The van der Waals surface area contributed by atoms with Crippen molar-refractivity contribution in [2.24, 2.45) is 0 Å². The fourth-order valence-electron chi connectivity index (χ4n) is 1.69. The summed E-state index contributed by atoms with van der Waals surface area (Å²) in [4.78, 5) is 12.0. The smallest absolute Gasteiger partial charge is 0.257 e. The lowest BCUT2D eigenvalue weighted by Crippen LogP contribution is -2.34. The summed E-state index contributed by atoms with van der Waals surface area (Å²) in [5.41, 5.74) is 8.64. The first-order valence-electron chi connectivity index (χ1n) is 6.09. The molecule has 0 aliphatic heterocycles. The largest absolute Gasteiger partial charge is 0.399 e. The van der Waals surface area contributed by atoms with E-state index in [1.807, 2.05) is 19.1 Å². The molecule has 5 heteroatoms. The van der Waals surface area contributed by atoms with Crippen LogP contribution in [0.1, 0.15) is 15.9 Å². The normalized spacial score (nSPS) is 9.85. The average molecular weight is 285 g/mol. The number of carbonyl (C=O) groups is 1. The van der Waals surface area contributed by atoms with E-state index < -0.39 is 0 Å². The minimum Gasteiger partial charge on any atom is -0.399 e. The van der Waals surface area contributed by atoms with Crippen LogP contribution < -0.4 is 16.4 Å². The number of hydrogen-bond acceptors (Lipinski definition) is 3. The summed E-state index contributed by atoms with van der Waals surface area (Å²) >= 11 is 5.10. The second kappa shape index (κ2) is 6.16. The van der Waals surface area contributed by atoms with Crippen LogP contribution in [0.2, 0.25) is 0 Å². The van der Waals surface area contributed by atoms with E-state index in [1.165, 1.54) is 0 Å². The highest BCUT2D eigenvalue weighted by molar-refractivity contribution is 7.80. The lowest BCUT2D eigenvalue weighted by Gasteiger charge is -2.10. The van der Waals surface area contributed by atoms with Gasteiger partial charge >= 0.3 is 0 Å². The number of amides is 1. The third-order valence-electron chi connectivity index (χ3n) is 2.68. The lowest BCUT2D eigenvalue weighted by molar-refractivity contribution is 0.0977. The van der Waals surface area contributed by atoms with Crippen LogP contribution in [0.5, 0.6) is 0 Å². The number of thiocarbonyl (C=S) groups is 1. The number of nitrogen functional groups attached to an aromatic ring is 1. The minimum absolute atomic E-state index is 0.235. The van der Waals surface area contributed by atoms with Gasteiger partial charge in [-0.3, -0.25) is 10.1 Å². The highest BCUT2D eigenvalue weighted by Gasteiger charge is 2.07. The van der Waals surface area contributed by atoms with Gasteiger partial charge in [0.15, 0.2) is 5.11 Å². The summed E-state index contributed by atoms with van der Waals surface area (Å²) in [6, 6.07) is 14.4. The first kappa shape index (κ1) is 14.0. The summed E-state index contributed by atoms with van der Waals surface area (Å²) in [6.07, 6.45) is 0. The van der Waals surface area contributed by atoms with Crippen molar-refractivity contribution in [3.05, 3.63) is 59.7 Å². The molecule has 0 atom stereocenters. The van der Waals surface area contributed by atoms with Crippen molar-refractivity contribution < 1.29 is 4.79 Å². The second-order valence-electron chi connectivity index (χ2n) is 4.40. The molecule has 0 aliphatic carbocycles. The molecule has 4 N–H and O–H groups in total. The van der Waals surface area contributed by atoms with Crippen LogP contribution in [-0.4, -0.2) is 11.0 Å². The van der Waals surface area contributed by atoms with Crippen molar-refractivity contribution in [2.45, 2.75) is 6.92 Å². The zero-order valence-corrected chi connectivity index (χ0v) is 11.8. The van der Waals surface area contributed by atoms with E-state index in [0.29, 0.717) is 11.3 Å². The van der Waals surface area contributed by atoms with Crippen LogP contribution in [0, 0.1) is 6.92 Å². The van der Waals surface area contributed by atoms with E-state index in [0.717, 1.165) is 11.3 Å². The number of carbonyl (C=O) groups excluding carboxylic acids is 1. The molecule has 102 valence electrons. The summed E-state index contributed by atoms with van der Waals surface area (Å²) < 4.78 is 0. The molecule has 20 heavy (non-hydrogen) atoms. The Morgan fingerprint density at radius 3 is 2.50 bits per heavy atom. The van der Waals surface area contributed by atoms with E-state index in [2.05, 4.69) is 10.6 Å². The van der Waals surface area contributed by atoms with Gasteiger partial charge in [0.1, 0.15) is 0 Å². The molecule has 0 radical (unpaired) electrons. The van der Waals surface area contributed by atoms with Gasteiger partial charge < -0.3 is 11.1 Å². The standard InChI is InChI=1S/C15H15N3OS/c1-10-3-2-4-11(9-10)14(19)18-15(20)17-13-7-5-12(16)6-8-13/h2-9H,16H2,1H3,(H2,17,18,19,20). The van der Waals surface area contributed by atoms with Gasteiger partial charge in [0.2, 0.25) is 0 Å². The molecule has 0 aliphatic rings. The fourth-order valence-corrected chi connectivity index (χ4v) is 1.90. The molecule has 2 rings (SSSR count). The van der Waals surface area contributed by atoms with Crippen LogP contribution in [0.3, 0.4) is 0 Å². The van der Waals surface area contributed by atoms with Gasteiger partial charge in [-0.15, -0.1) is 0 Å². The van der Waals surface area contributed by atoms with Crippen LogP contribution in [0.15, 0.2) is 48.5 Å². The highest BCUT2D eigenvalue weighted by Crippen LogP contribution is 2.10. The predicted molar refractivity (Wildman–Crippen MR) is 85.7 cm³/mol. The van der Waals surface area contributed by atoms with Crippen LogP contribution in [0.4, 0.5) is 11.4 Å². The maximum atomic E-state index is 12.0. The number of benzene rings is 2. The van der Waals surface area contributed by atoms with E-state index in [1.54, 1.807) is 36.4 Å². The molecule has 0 bridgehead atoms. The maximum absolute atomic E-state index is 12.0. The van der Waals surface area contributed by atoms with Crippen molar-refractivity contribution in [3.63, 3.8) is 0 Å². The Labute approximate surface area is 123 Å². The second-order valence-corrected chi connectivity index (χ2v) is 4.81. The topological polar surface area (TPSA) is 67.2 Å². The van der Waals surface area contributed by atoms with Crippen molar-refractivity contribution in [1.82, 2.24) is 5.32 Å². The molecule has 0 fully saturated rings. The predicted octanol–water partition coefficient (Wildman–Crippen LogP) is 2.70. The quantitative estimate of drug-likeness (QED) is 0.586. The maximum Gasteiger partial charge on any atom is 0.257 e. The van der Waals surface area contributed by atoms with Crippen molar-refractivity contribution in [2.75, 3.05) is 11.1 Å². The van der Waals surface area contributed by atoms with E-state index in [4.69, 9.17) is 18.0 Å². The van der Waals surface area contributed by atoms with Gasteiger partial charge in [-0.2, -0.15) is 0 Å². The minimum atomic E-state index is -0.235. The Balaban J connectivity index is 1.97.